The van der Waals surface area contributed by atoms with Crippen LogP contribution in [-0.2, 0) is 6.54 Å². The third kappa shape index (κ3) is 2.30. The smallest absolute Gasteiger partial charge is 0.335 e. The number of fused-ring (bicyclic) bond motifs is 1. The molecule has 0 fully saturated rings. The van der Waals surface area contributed by atoms with Gasteiger partial charge in [-0.05, 0) is 18.2 Å². The van der Waals surface area contributed by atoms with Gasteiger partial charge in [0.25, 0.3) is 0 Å². The molecule has 0 aliphatic carbocycles. The molecule has 6 heteroatoms. The number of carboxylic acids is 1. The molecule has 0 bridgehead atoms. The van der Waals surface area contributed by atoms with Crippen LogP contribution in [0, 0.1) is 0 Å². The van der Waals surface area contributed by atoms with E-state index in [4.69, 9.17) is 5.11 Å². The van der Waals surface area contributed by atoms with E-state index in [1.54, 1.807) is 35.9 Å². The first-order chi connectivity index (χ1) is 9.65. The summed E-state index contributed by atoms with van der Waals surface area (Å²) in [6, 6.07) is 5.01. The number of nitrogens with zero attached hydrogens (tertiary/aromatic N) is 3. The summed E-state index contributed by atoms with van der Waals surface area (Å²) in [5.74, 6) is -0.635. The summed E-state index contributed by atoms with van der Waals surface area (Å²) in [5, 5.41) is 12.0. The molecule has 0 saturated carbocycles. The predicted octanol–water partition coefficient (Wildman–Crippen LogP) is 2.99. The maximum atomic E-state index is 10.9. The van der Waals surface area contributed by atoms with Crippen LogP contribution in [0.5, 0.6) is 0 Å². The van der Waals surface area contributed by atoms with Gasteiger partial charge in [-0.25, -0.2) is 14.8 Å². The molecule has 1 unspecified atom stereocenters. The van der Waals surface area contributed by atoms with Crippen molar-refractivity contribution in [2.75, 3.05) is 0 Å². The Bertz CT molecular complexity index is 749. The fourth-order valence-electron chi connectivity index (χ4n) is 2.19. The molecular weight excluding hydrogens is 274 g/mol. The Kier molecular flexibility index (Phi) is 3.23. The summed E-state index contributed by atoms with van der Waals surface area (Å²) < 4.78 is 2.03. The fraction of sp³-hybridized carbons (Fsp3) is 0.214. The minimum absolute atomic E-state index is 0.260. The number of hydrogen-bond acceptors (Lipinski definition) is 4. The third-order valence-electron chi connectivity index (χ3n) is 3.21. The van der Waals surface area contributed by atoms with Crippen LogP contribution >= 0.6 is 11.3 Å². The highest BCUT2D eigenvalue weighted by atomic mass is 32.1. The minimum Gasteiger partial charge on any atom is -0.478 e. The van der Waals surface area contributed by atoms with Gasteiger partial charge in [0.2, 0.25) is 0 Å². The number of benzene rings is 1. The number of aromatic nitrogens is 3. The van der Waals surface area contributed by atoms with Gasteiger partial charge in [-0.15, -0.1) is 11.3 Å². The molecule has 2 heterocycles. The number of aromatic carboxylic acids is 1. The van der Waals surface area contributed by atoms with Gasteiger partial charge in [0.15, 0.2) is 0 Å². The number of carbonyl (C=O) groups is 1. The lowest BCUT2D eigenvalue weighted by Crippen LogP contribution is -2.05. The van der Waals surface area contributed by atoms with Gasteiger partial charge in [0.1, 0.15) is 0 Å². The Hall–Kier alpha value is -2.21. The lowest BCUT2D eigenvalue weighted by molar-refractivity contribution is 0.0697. The van der Waals surface area contributed by atoms with Gasteiger partial charge in [-0.2, -0.15) is 0 Å². The molecule has 5 nitrogen and oxygen atoms in total. The average Bonchev–Trinajstić information content (AvgIpc) is 3.07. The molecule has 3 aromatic rings. The van der Waals surface area contributed by atoms with Crippen molar-refractivity contribution in [2.45, 2.75) is 19.4 Å². The van der Waals surface area contributed by atoms with Gasteiger partial charge < -0.3 is 9.67 Å². The molecule has 1 aromatic carbocycles. The van der Waals surface area contributed by atoms with Crippen molar-refractivity contribution in [1.29, 1.82) is 0 Å². The van der Waals surface area contributed by atoms with Crippen molar-refractivity contribution in [3.8, 4) is 0 Å². The van der Waals surface area contributed by atoms with Crippen molar-refractivity contribution >= 4 is 28.3 Å². The van der Waals surface area contributed by atoms with Crippen LogP contribution in [0.15, 0.2) is 36.1 Å². The van der Waals surface area contributed by atoms with Crippen LogP contribution < -0.4 is 0 Å². The Morgan fingerprint density at radius 1 is 1.45 bits per heavy atom. The molecule has 1 N–H and O–H groups in total. The molecule has 0 radical (unpaired) electrons. The third-order valence-corrected chi connectivity index (χ3v) is 4.22. The average molecular weight is 287 g/mol. The van der Waals surface area contributed by atoms with Crippen LogP contribution in [0.4, 0.5) is 0 Å². The summed E-state index contributed by atoms with van der Waals surface area (Å²) in [4.78, 5) is 19.5. The Morgan fingerprint density at radius 3 is 3.00 bits per heavy atom. The molecule has 0 spiro atoms. The van der Waals surface area contributed by atoms with Crippen molar-refractivity contribution in [3.63, 3.8) is 0 Å². The zero-order valence-corrected chi connectivity index (χ0v) is 11.7. The van der Waals surface area contributed by atoms with Gasteiger partial charge in [0, 0.05) is 24.0 Å². The number of hydrogen-bond donors (Lipinski definition) is 1. The van der Waals surface area contributed by atoms with E-state index in [0.717, 1.165) is 17.1 Å². The second kappa shape index (κ2) is 5.05. The van der Waals surface area contributed by atoms with Crippen molar-refractivity contribution in [3.05, 3.63) is 46.7 Å². The minimum atomic E-state index is -0.933. The lowest BCUT2D eigenvalue weighted by Gasteiger charge is -2.10. The summed E-state index contributed by atoms with van der Waals surface area (Å²) in [5.41, 5.74) is 1.91. The molecule has 2 aromatic heterocycles. The molecule has 1 atom stereocenters. The predicted molar refractivity (Wildman–Crippen MR) is 77.2 cm³/mol. The molecule has 0 aliphatic rings. The summed E-state index contributed by atoms with van der Waals surface area (Å²) in [7, 11) is 0. The van der Waals surface area contributed by atoms with Gasteiger partial charge in [0.05, 0.1) is 27.9 Å². The van der Waals surface area contributed by atoms with E-state index in [0.29, 0.717) is 11.4 Å². The van der Waals surface area contributed by atoms with E-state index in [-0.39, 0.29) is 5.56 Å². The van der Waals surface area contributed by atoms with Crippen LogP contribution in [0.3, 0.4) is 0 Å². The van der Waals surface area contributed by atoms with E-state index in [1.165, 1.54) is 0 Å². The van der Waals surface area contributed by atoms with E-state index < -0.39 is 5.97 Å². The zero-order valence-electron chi connectivity index (χ0n) is 10.9. The SMILES string of the molecule is CC(Cn1cnc2cc(C(=O)O)ccc21)c1nccs1. The lowest BCUT2D eigenvalue weighted by atomic mass is 10.1. The summed E-state index contributed by atoms with van der Waals surface area (Å²) in [6.07, 6.45) is 3.56. The summed E-state index contributed by atoms with van der Waals surface area (Å²) >= 11 is 1.64. The second-order valence-corrected chi connectivity index (χ2v) is 5.60. The highest BCUT2D eigenvalue weighted by molar-refractivity contribution is 7.09. The molecule has 0 aliphatic heterocycles. The van der Waals surface area contributed by atoms with Crippen LogP contribution in [0.25, 0.3) is 11.0 Å². The van der Waals surface area contributed by atoms with E-state index in [9.17, 15) is 4.79 Å². The maximum absolute atomic E-state index is 10.9. The molecule has 0 amide bonds. The molecule has 3 rings (SSSR count). The van der Waals surface area contributed by atoms with Crippen LogP contribution in [0.1, 0.15) is 28.2 Å². The van der Waals surface area contributed by atoms with Gasteiger partial charge in [-0.3, -0.25) is 0 Å². The van der Waals surface area contributed by atoms with Crippen molar-refractivity contribution < 1.29 is 9.90 Å². The van der Waals surface area contributed by atoms with Crippen LogP contribution in [0.2, 0.25) is 0 Å². The Labute approximate surface area is 119 Å². The number of imidazole rings is 1. The molecular formula is C14H13N3O2S. The highest BCUT2D eigenvalue weighted by Crippen LogP contribution is 2.22. The molecule has 20 heavy (non-hydrogen) atoms. The first-order valence-electron chi connectivity index (χ1n) is 6.22. The Balaban J connectivity index is 1.91. The van der Waals surface area contributed by atoms with Crippen LogP contribution in [-0.4, -0.2) is 25.6 Å². The molecule has 102 valence electrons. The van der Waals surface area contributed by atoms with E-state index >= 15 is 0 Å². The standard InChI is InChI=1S/C14H13N3O2S/c1-9(13-15-4-5-20-13)7-17-8-16-11-6-10(14(18)19)2-3-12(11)17/h2-6,8-9H,7H2,1H3,(H,18,19). The summed E-state index contributed by atoms with van der Waals surface area (Å²) in [6.45, 7) is 2.90. The highest BCUT2D eigenvalue weighted by Gasteiger charge is 2.12. The second-order valence-electron chi connectivity index (χ2n) is 4.68. The quantitative estimate of drug-likeness (QED) is 0.801. The fourth-order valence-corrected chi connectivity index (χ4v) is 2.88. The van der Waals surface area contributed by atoms with E-state index in [2.05, 4.69) is 16.9 Å². The largest absolute Gasteiger partial charge is 0.478 e. The first kappa shape index (κ1) is 12.8. The van der Waals surface area contributed by atoms with E-state index in [1.807, 2.05) is 16.1 Å². The number of carboxylic acid groups (broad SMARTS) is 1. The monoisotopic (exact) mass is 287 g/mol. The first-order valence-corrected chi connectivity index (χ1v) is 7.10. The normalized spacial score (nSPS) is 12.7. The van der Waals surface area contributed by atoms with Crippen molar-refractivity contribution in [2.24, 2.45) is 0 Å². The molecule has 0 saturated heterocycles. The number of rotatable bonds is 4. The van der Waals surface area contributed by atoms with Gasteiger partial charge >= 0.3 is 5.97 Å². The zero-order chi connectivity index (χ0) is 14.1. The number of thiazole rings is 1. The maximum Gasteiger partial charge on any atom is 0.335 e. The van der Waals surface area contributed by atoms with Gasteiger partial charge in [-0.1, -0.05) is 6.92 Å². The topological polar surface area (TPSA) is 68.0 Å². The Morgan fingerprint density at radius 2 is 2.30 bits per heavy atom. The van der Waals surface area contributed by atoms with Crippen molar-refractivity contribution in [1.82, 2.24) is 14.5 Å².